The van der Waals surface area contributed by atoms with E-state index in [1.54, 1.807) is 25.1 Å². The monoisotopic (exact) mass is 530 g/mol. The fraction of sp³-hybridized carbons (Fsp3) is 0.300. The van der Waals surface area contributed by atoms with Gasteiger partial charge in [-0.15, -0.1) is 0 Å². The SMILES string of the molecule is CCNC(=O)[C@@H](C)N(Cc1ccc(Br)cc1)C(=O)COc1ccc(Cl)cc1Br. The minimum absolute atomic E-state index is 0.194. The Balaban J connectivity index is 2.15. The first-order valence-electron chi connectivity index (χ1n) is 8.71. The molecule has 8 heteroatoms. The molecule has 0 spiro atoms. The number of benzene rings is 2. The first kappa shape index (κ1) is 22.7. The molecule has 0 saturated heterocycles. The van der Waals surface area contributed by atoms with E-state index in [-0.39, 0.29) is 18.4 Å². The maximum Gasteiger partial charge on any atom is 0.261 e. The highest BCUT2D eigenvalue weighted by Gasteiger charge is 2.26. The quantitative estimate of drug-likeness (QED) is 0.532. The molecule has 0 aliphatic heterocycles. The van der Waals surface area contributed by atoms with Crippen LogP contribution in [0.1, 0.15) is 19.4 Å². The fourth-order valence-corrected chi connectivity index (χ4v) is 3.57. The second kappa shape index (κ2) is 10.8. The Labute approximate surface area is 186 Å². The molecule has 0 radical (unpaired) electrons. The van der Waals surface area contributed by atoms with Crippen molar-refractivity contribution in [1.82, 2.24) is 10.2 Å². The molecular formula is C20H21Br2ClN2O3. The normalized spacial score (nSPS) is 11.6. The lowest BCUT2D eigenvalue weighted by molar-refractivity contribution is -0.142. The third-order valence-electron chi connectivity index (χ3n) is 4.03. The van der Waals surface area contributed by atoms with E-state index in [2.05, 4.69) is 37.2 Å². The molecule has 1 N–H and O–H groups in total. The van der Waals surface area contributed by atoms with Gasteiger partial charge in [0.2, 0.25) is 5.91 Å². The molecule has 150 valence electrons. The maximum atomic E-state index is 12.9. The number of nitrogens with zero attached hydrogens (tertiary/aromatic N) is 1. The Bertz CT molecular complexity index is 831. The molecule has 28 heavy (non-hydrogen) atoms. The van der Waals surface area contributed by atoms with E-state index in [9.17, 15) is 9.59 Å². The number of nitrogens with one attached hydrogen (secondary N) is 1. The second-order valence-corrected chi connectivity index (χ2v) is 8.29. The van der Waals surface area contributed by atoms with Crippen molar-refractivity contribution in [2.75, 3.05) is 13.2 Å². The van der Waals surface area contributed by atoms with Gasteiger partial charge in [-0.3, -0.25) is 9.59 Å². The van der Waals surface area contributed by atoms with Crippen LogP contribution >= 0.6 is 43.5 Å². The van der Waals surface area contributed by atoms with Crippen molar-refractivity contribution >= 4 is 55.3 Å². The summed E-state index contributed by atoms with van der Waals surface area (Å²) in [6, 6.07) is 12.0. The molecule has 0 fully saturated rings. The maximum absolute atomic E-state index is 12.9. The van der Waals surface area contributed by atoms with Crippen molar-refractivity contribution in [3.05, 3.63) is 62.0 Å². The van der Waals surface area contributed by atoms with Crippen LogP contribution in [0.5, 0.6) is 5.75 Å². The zero-order valence-corrected chi connectivity index (χ0v) is 19.5. The molecule has 0 bridgehead atoms. The Kier molecular flexibility index (Phi) is 8.79. The van der Waals surface area contributed by atoms with E-state index in [0.29, 0.717) is 28.3 Å². The summed E-state index contributed by atoms with van der Waals surface area (Å²) in [5.74, 6) is 0.0103. The Morgan fingerprint density at radius 3 is 2.46 bits per heavy atom. The summed E-state index contributed by atoms with van der Waals surface area (Å²) in [5, 5.41) is 3.32. The molecule has 0 aliphatic rings. The molecule has 5 nitrogen and oxygen atoms in total. The molecule has 2 aromatic rings. The van der Waals surface area contributed by atoms with Gasteiger partial charge in [-0.25, -0.2) is 0 Å². The predicted octanol–water partition coefficient (Wildman–Crippen LogP) is 4.80. The van der Waals surface area contributed by atoms with E-state index in [1.807, 2.05) is 31.2 Å². The van der Waals surface area contributed by atoms with E-state index < -0.39 is 6.04 Å². The number of hydrogen-bond acceptors (Lipinski definition) is 3. The van der Waals surface area contributed by atoms with Gasteiger partial charge in [0.05, 0.1) is 4.47 Å². The van der Waals surface area contributed by atoms with Crippen LogP contribution in [0, 0.1) is 0 Å². The molecule has 0 heterocycles. The van der Waals surface area contributed by atoms with Crippen LogP contribution in [-0.2, 0) is 16.1 Å². The Morgan fingerprint density at radius 1 is 1.18 bits per heavy atom. The minimum atomic E-state index is -0.631. The lowest BCUT2D eigenvalue weighted by Crippen LogP contribution is -2.49. The van der Waals surface area contributed by atoms with Gasteiger partial charge in [-0.1, -0.05) is 39.7 Å². The number of likely N-dealkylation sites (N-methyl/N-ethyl adjacent to an activating group) is 1. The van der Waals surface area contributed by atoms with E-state index in [4.69, 9.17) is 16.3 Å². The molecule has 0 aromatic heterocycles. The zero-order valence-electron chi connectivity index (χ0n) is 15.5. The Morgan fingerprint density at radius 2 is 1.86 bits per heavy atom. The number of hydrogen-bond donors (Lipinski definition) is 1. The third kappa shape index (κ3) is 6.50. The van der Waals surface area contributed by atoms with Crippen LogP contribution in [-0.4, -0.2) is 35.9 Å². The first-order valence-corrected chi connectivity index (χ1v) is 10.7. The van der Waals surface area contributed by atoms with Crippen molar-refractivity contribution < 1.29 is 14.3 Å². The second-order valence-electron chi connectivity index (χ2n) is 6.08. The number of carbonyl (C=O) groups excluding carboxylic acids is 2. The summed E-state index contributed by atoms with van der Waals surface area (Å²) in [7, 11) is 0. The van der Waals surface area contributed by atoms with Crippen LogP contribution in [0.15, 0.2) is 51.4 Å². The van der Waals surface area contributed by atoms with Gasteiger partial charge in [-0.2, -0.15) is 0 Å². The van der Waals surface area contributed by atoms with Crippen LogP contribution < -0.4 is 10.1 Å². The van der Waals surface area contributed by atoms with Crippen molar-refractivity contribution in [3.63, 3.8) is 0 Å². The molecular weight excluding hydrogens is 511 g/mol. The predicted molar refractivity (Wildman–Crippen MR) is 117 cm³/mol. The topological polar surface area (TPSA) is 58.6 Å². The molecule has 2 amide bonds. The van der Waals surface area contributed by atoms with Crippen molar-refractivity contribution in [1.29, 1.82) is 0 Å². The zero-order chi connectivity index (χ0) is 20.7. The minimum Gasteiger partial charge on any atom is -0.483 e. The number of amides is 2. The standard InChI is InChI=1S/C20H21Br2ClN2O3/c1-3-24-20(27)13(2)25(11-14-4-6-15(21)7-5-14)19(26)12-28-18-9-8-16(23)10-17(18)22/h4-10,13H,3,11-12H2,1-2H3,(H,24,27)/t13-/m1/s1. The average Bonchev–Trinajstić information content (AvgIpc) is 2.66. The van der Waals surface area contributed by atoms with Crippen molar-refractivity contribution in [3.8, 4) is 5.75 Å². The number of ether oxygens (including phenoxy) is 1. The van der Waals surface area contributed by atoms with Gasteiger partial charge in [0.1, 0.15) is 11.8 Å². The molecule has 0 saturated carbocycles. The highest BCUT2D eigenvalue weighted by molar-refractivity contribution is 9.10. The van der Waals surface area contributed by atoms with Crippen molar-refractivity contribution in [2.45, 2.75) is 26.4 Å². The smallest absolute Gasteiger partial charge is 0.261 e. The molecule has 0 aliphatic carbocycles. The molecule has 2 rings (SSSR count). The number of rotatable bonds is 8. The summed E-state index contributed by atoms with van der Waals surface area (Å²) in [5.41, 5.74) is 0.917. The van der Waals surface area contributed by atoms with E-state index >= 15 is 0 Å². The van der Waals surface area contributed by atoms with Gasteiger partial charge >= 0.3 is 0 Å². The number of carbonyl (C=O) groups is 2. The van der Waals surface area contributed by atoms with Gasteiger partial charge in [0, 0.05) is 22.6 Å². The lowest BCUT2D eigenvalue weighted by atomic mass is 10.1. The molecule has 2 aromatic carbocycles. The molecule has 1 atom stereocenters. The fourth-order valence-electron chi connectivity index (χ4n) is 2.51. The van der Waals surface area contributed by atoms with Gasteiger partial charge in [0.25, 0.3) is 5.91 Å². The number of halogens is 3. The summed E-state index contributed by atoms with van der Waals surface area (Å²) in [6.07, 6.45) is 0. The lowest BCUT2D eigenvalue weighted by Gasteiger charge is -2.28. The van der Waals surface area contributed by atoms with Gasteiger partial charge < -0.3 is 15.0 Å². The summed E-state index contributed by atoms with van der Waals surface area (Å²) in [6.45, 7) is 4.15. The summed E-state index contributed by atoms with van der Waals surface area (Å²) >= 11 is 12.7. The summed E-state index contributed by atoms with van der Waals surface area (Å²) in [4.78, 5) is 26.7. The van der Waals surface area contributed by atoms with Crippen LogP contribution in [0.25, 0.3) is 0 Å². The molecule has 0 unspecified atom stereocenters. The highest BCUT2D eigenvalue weighted by atomic mass is 79.9. The van der Waals surface area contributed by atoms with Gasteiger partial charge in [0.15, 0.2) is 6.61 Å². The largest absolute Gasteiger partial charge is 0.483 e. The first-order chi connectivity index (χ1) is 13.3. The van der Waals surface area contributed by atoms with Crippen LogP contribution in [0.2, 0.25) is 5.02 Å². The van der Waals surface area contributed by atoms with E-state index in [1.165, 1.54) is 4.90 Å². The Hall–Kier alpha value is -1.57. The van der Waals surface area contributed by atoms with Crippen LogP contribution in [0.3, 0.4) is 0 Å². The average molecular weight is 533 g/mol. The highest BCUT2D eigenvalue weighted by Crippen LogP contribution is 2.28. The van der Waals surface area contributed by atoms with Crippen LogP contribution in [0.4, 0.5) is 0 Å². The van der Waals surface area contributed by atoms with E-state index in [0.717, 1.165) is 10.0 Å². The van der Waals surface area contributed by atoms with Gasteiger partial charge in [-0.05, 0) is 65.7 Å². The van der Waals surface area contributed by atoms with Crippen molar-refractivity contribution in [2.24, 2.45) is 0 Å². The summed E-state index contributed by atoms with van der Waals surface area (Å²) < 4.78 is 7.25. The third-order valence-corrected chi connectivity index (χ3v) is 5.41.